The van der Waals surface area contributed by atoms with Gasteiger partial charge in [0.1, 0.15) is 5.75 Å². The van der Waals surface area contributed by atoms with Crippen LogP contribution in [-0.4, -0.2) is 29.5 Å². The van der Waals surface area contributed by atoms with Crippen LogP contribution >= 0.6 is 0 Å². The van der Waals surface area contributed by atoms with Crippen LogP contribution in [0, 0.1) is 11.8 Å². The van der Waals surface area contributed by atoms with Crippen LogP contribution in [-0.2, 0) is 9.59 Å². The highest BCUT2D eigenvalue weighted by molar-refractivity contribution is 5.98. The number of aliphatic carboxylic acids is 1. The maximum absolute atomic E-state index is 12.8. The summed E-state index contributed by atoms with van der Waals surface area (Å²) in [7, 11) is 0. The Kier molecular flexibility index (Phi) is 4.25. The first-order chi connectivity index (χ1) is 10.2. The maximum Gasteiger partial charge on any atom is 0.461 e. The number of alkyl halides is 4. The quantitative estimate of drug-likeness (QED) is 0.790. The summed E-state index contributed by atoms with van der Waals surface area (Å²) in [6.45, 7) is 0. The molecule has 0 radical (unpaired) electrons. The van der Waals surface area contributed by atoms with Crippen molar-refractivity contribution >= 4 is 17.6 Å². The molecule has 1 aromatic carbocycles. The summed E-state index contributed by atoms with van der Waals surface area (Å²) in [6.07, 6.45) is -8.44. The van der Waals surface area contributed by atoms with Gasteiger partial charge >= 0.3 is 18.5 Å². The lowest BCUT2D eigenvalue weighted by atomic mass is 10.2. The second-order valence-electron chi connectivity index (χ2n) is 4.77. The molecule has 0 aromatic heterocycles. The van der Waals surface area contributed by atoms with Crippen LogP contribution in [0.3, 0.4) is 0 Å². The van der Waals surface area contributed by atoms with Crippen molar-refractivity contribution in [1.29, 1.82) is 0 Å². The van der Waals surface area contributed by atoms with Gasteiger partial charge in [0.25, 0.3) is 0 Å². The van der Waals surface area contributed by atoms with Gasteiger partial charge in [0.15, 0.2) is 0 Å². The van der Waals surface area contributed by atoms with Crippen molar-refractivity contribution in [2.24, 2.45) is 11.8 Å². The molecular weight excluding hydrogens is 310 g/mol. The number of carbonyl (C=O) groups excluding carboxylic acids is 1. The van der Waals surface area contributed by atoms with E-state index in [4.69, 9.17) is 5.11 Å². The van der Waals surface area contributed by atoms with E-state index in [1.54, 1.807) is 0 Å². The van der Waals surface area contributed by atoms with Gasteiger partial charge in [0, 0.05) is 11.8 Å². The van der Waals surface area contributed by atoms with Crippen molar-refractivity contribution in [2.75, 3.05) is 5.32 Å². The Morgan fingerprint density at radius 3 is 2.55 bits per heavy atom. The topological polar surface area (TPSA) is 75.6 Å². The molecule has 1 aliphatic carbocycles. The molecule has 1 fully saturated rings. The molecule has 0 spiro atoms. The Morgan fingerprint density at radius 1 is 1.32 bits per heavy atom. The fourth-order valence-corrected chi connectivity index (χ4v) is 1.83. The minimum Gasteiger partial charge on any atom is -0.481 e. The Labute approximate surface area is 121 Å². The van der Waals surface area contributed by atoms with Crippen LogP contribution < -0.4 is 10.1 Å². The van der Waals surface area contributed by atoms with Crippen LogP contribution in [0.2, 0.25) is 0 Å². The number of hydrogen-bond donors (Lipinski definition) is 2. The molecule has 1 aromatic rings. The average Bonchev–Trinajstić information content (AvgIpc) is 3.18. The molecule has 1 aliphatic rings. The summed E-state index contributed by atoms with van der Waals surface area (Å²) in [5.41, 5.74) is 0.0450. The van der Waals surface area contributed by atoms with Crippen LogP contribution in [0.15, 0.2) is 24.3 Å². The van der Waals surface area contributed by atoms with E-state index in [2.05, 4.69) is 10.1 Å². The van der Waals surface area contributed by atoms with E-state index in [0.717, 1.165) is 12.1 Å². The number of hydrogen-bond acceptors (Lipinski definition) is 3. The van der Waals surface area contributed by atoms with E-state index in [9.17, 15) is 27.2 Å². The zero-order valence-electron chi connectivity index (χ0n) is 10.9. The lowest BCUT2D eigenvalue weighted by Crippen LogP contribution is -2.33. The minimum absolute atomic E-state index is 0.0450. The second kappa shape index (κ2) is 5.82. The summed E-state index contributed by atoms with van der Waals surface area (Å²) in [5, 5.41) is 11.0. The van der Waals surface area contributed by atoms with E-state index < -0.39 is 42.0 Å². The number of ether oxygens (including phenoxy) is 1. The molecule has 22 heavy (non-hydrogen) atoms. The lowest BCUT2D eigenvalue weighted by Gasteiger charge is -2.17. The van der Waals surface area contributed by atoms with Crippen molar-refractivity contribution < 1.29 is 37.0 Å². The van der Waals surface area contributed by atoms with Crippen molar-refractivity contribution in [3.63, 3.8) is 0 Å². The number of benzene rings is 1. The third-order valence-electron chi connectivity index (χ3n) is 3.05. The van der Waals surface area contributed by atoms with E-state index in [-0.39, 0.29) is 12.1 Å². The number of nitrogens with one attached hydrogen (secondary N) is 1. The van der Waals surface area contributed by atoms with E-state index >= 15 is 0 Å². The summed E-state index contributed by atoms with van der Waals surface area (Å²) >= 11 is 0. The Hall–Kier alpha value is -2.32. The number of amides is 1. The molecule has 2 N–H and O–H groups in total. The van der Waals surface area contributed by atoms with E-state index in [1.165, 1.54) is 12.1 Å². The van der Waals surface area contributed by atoms with Gasteiger partial charge in [-0.1, -0.05) is 6.07 Å². The molecule has 0 bridgehead atoms. The Balaban J connectivity index is 2.00. The molecule has 2 atom stereocenters. The van der Waals surface area contributed by atoms with Gasteiger partial charge in [-0.2, -0.15) is 17.6 Å². The molecule has 1 saturated carbocycles. The average molecular weight is 321 g/mol. The minimum atomic E-state index is -4.65. The van der Waals surface area contributed by atoms with Crippen molar-refractivity contribution in [2.45, 2.75) is 19.0 Å². The number of halogens is 4. The van der Waals surface area contributed by atoms with Crippen LogP contribution in [0.5, 0.6) is 5.75 Å². The Bertz CT molecular complexity index is 593. The summed E-state index contributed by atoms with van der Waals surface area (Å²) in [6, 6.07) is 4.55. The fraction of sp³-hybridized carbons (Fsp3) is 0.385. The molecule has 0 aliphatic heterocycles. The van der Waals surface area contributed by atoms with Gasteiger partial charge in [-0.15, -0.1) is 0 Å². The number of carboxylic acids is 1. The molecule has 5 nitrogen and oxygen atoms in total. The molecule has 0 heterocycles. The first-order valence-corrected chi connectivity index (χ1v) is 6.19. The van der Waals surface area contributed by atoms with Crippen molar-refractivity contribution in [1.82, 2.24) is 0 Å². The van der Waals surface area contributed by atoms with Gasteiger partial charge in [0.2, 0.25) is 5.91 Å². The summed E-state index contributed by atoms with van der Waals surface area (Å²) in [5.74, 6) is -3.67. The summed E-state index contributed by atoms with van der Waals surface area (Å²) < 4.78 is 53.5. The maximum atomic E-state index is 12.8. The van der Waals surface area contributed by atoms with E-state index in [1.807, 2.05) is 0 Å². The molecule has 9 heteroatoms. The van der Waals surface area contributed by atoms with E-state index in [0.29, 0.717) is 0 Å². The second-order valence-corrected chi connectivity index (χ2v) is 4.77. The van der Waals surface area contributed by atoms with Crippen LogP contribution in [0.1, 0.15) is 6.42 Å². The third-order valence-corrected chi connectivity index (χ3v) is 3.05. The zero-order valence-corrected chi connectivity index (χ0v) is 10.9. The molecular formula is C13H11F4NO4. The van der Waals surface area contributed by atoms with Gasteiger partial charge in [-0.3, -0.25) is 9.59 Å². The largest absolute Gasteiger partial charge is 0.481 e. The van der Waals surface area contributed by atoms with Crippen molar-refractivity contribution in [3.05, 3.63) is 24.3 Å². The molecule has 0 saturated heterocycles. The van der Waals surface area contributed by atoms with Gasteiger partial charge < -0.3 is 15.2 Å². The Morgan fingerprint density at radius 2 is 2.00 bits per heavy atom. The fourth-order valence-electron chi connectivity index (χ4n) is 1.83. The molecule has 1 amide bonds. The first-order valence-electron chi connectivity index (χ1n) is 6.19. The zero-order chi connectivity index (χ0) is 16.5. The predicted octanol–water partition coefficient (Wildman–Crippen LogP) is 2.58. The van der Waals surface area contributed by atoms with Gasteiger partial charge in [-0.25, -0.2) is 0 Å². The van der Waals surface area contributed by atoms with Gasteiger partial charge in [-0.05, 0) is 18.6 Å². The van der Waals surface area contributed by atoms with Crippen LogP contribution in [0.25, 0.3) is 0 Å². The number of rotatable bonds is 6. The number of anilines is 1. The third kappa shape index (κ3) is 3.66. The SMILES string of the molecule is O=C(O)[C@@H]1C[C@H]1C(=O)Nc1cccc(OC(F)(F)C(F)F)c1. The molecule has 2 rings (SSSR count). The number of carbonyl (C=O) groups is 2. The predicted molar refractivity (Wildman–Crippen MR) is 65.9 cm³/mol. The highest BCUT2D eigenvalue weighted by Gasteiger charge is 2.48. The summed E-state index contributed by atoms with van der Waals surface area (Å²) in [4.78, 5) is 22.4. The standard InChI is InChI=1S/C13H11F4NO4/c14-12(15)13(16,17)22-7-3-1-2-6(4-7)18-10(19)8-5-9(8)11(20)21/h1-4,8-9,12H,5H2,(H,18,19)(H,20,21)/t8-,9-/m1/s1. The first kappa shape index (κ1) is 16.1. The highest BCUT2D eigenvalue weighted by atomic mass is 19.3. The monoisotopic (exact) mass is 321 g/mol. The smallest absolute Gasteiger partial charge is 0.461 e. The van der Waals surface area contributed by atoms with Crippen molar-refractivity contribution in [3.8, 4) is 5.75 Å². The van der Waals surface area contributed by atoms with Crippen LogP contribution in [0.4, 0.5) is 23.2 Å². The number of carboxylic acid groups (broad SMARTS) is 1. The molecule has 120 valence electrons. The lowest BCUT2D eigenvalue weighted by molar-refractivity contribution is -0.253. The normalized spacial score (nSPS) is 20.6. The highest BCUT2D eigenvalue weighted by Crippen LogP contribution is 2.39. The van der Waals surface area contributed by atoms with Gasteiger partial charge in [0.05, 0.1) is 11.8 Å². The molecule has 0 unspecified atom stereocenters.